The summed E-state index contributed by atoms with van der Waals surface area (Å²) in [5, 5.41) is 29.6. The van der Waals surface area contributed by atoms with Crippen LogP contribution in [0.5, 0.6) is 5.75 Å². The molecule has 1 atom stereocenters. The van der Waals surface area contributed by atoms with Crippen molar-refractivity contribution in [2.45, 2.75) is 36.8 Å². The van der Waals surface area contributed by atoms with Crippen molar-refractivity contribution in [2.75, 3.05) is 13.2 Å². The zero-order chi connectivity index (χ0) is 16.1. The molecule has 2 aliphatic rings. The number of hydrogen-bond donors (Lipinski definition) is 3. The largest absolute Gasteiger partial charge is 0.508 e. The van der Waals surface area contributed by atoms with Crippen LogP contribution in [-0.4, -0.2) is 50.9 Å². The van der Waals surface area contributed by atoms with E-state index in [-0.39, 0.29) is 41.7 Å². The Hall–Kier alpha value is -1.01. The molecule has 3 N–H and O–H groups in total. The van der Waals surface area contributed by atoms with Crippen LogP contribution in [-0.2, 0) is 4.79 Å². The van der Waals surface area contributed by atoms with Gasteiger partial charge in [0.1, 0.15) is 5.75 Å². The number of amides is 1. The van der Waals surface area contributed by atoms with E-state index in [2.05, 4.69) is 0 Å². The van der Waals surface area contributed by atoms with Gasteiger partial charge in [-0.15, -0.1) is 0 Å². The van der Waals surface area contributed by atoms with Gasteiger partial charge in [-0.1, -0.05) is 23.2 Å². The van der Waals surface area contributed by atoms with Crippen LogP contribution >= 0.6 is 23.2 Å². The molecular formula is C15H17Cl2NO4. The van der Waals surface area contributed by atoms with E-state index in [4.69, 9.17) is 28.3 Å². The van der Waals surface area contributed by atoms with E-state index in [1.165, 1.54) is 12.1 Å². The zero-order valence-electron chi connectivity index (χ0n) is 11.8. The monoisotopic (exact) mass is 345 g/mol. The second kappa shape index (κ2) is 5.57. The summed E-state index contributed by atoms with van der Waals surface area (Å²) in [4.78, 5) is 13.9. The van der Waals surface area contributed by atoms with Crippen molar-refractivity contribution in [2.24, 2.45) is 0 Å². The van der Waals surface area contributed by atoms with Crippen LogP contribution in [0.2, 0.25) is 10.0 Å². The smallest absolute Gasteiger partial charge is 0.223 e. The van der Waals surface area contributed by atoms with Crippen LogP contribution < -0.4 is 0 Å². The highest BCUT2D eigenvalue weighted by molar-refractivity contribution is 6.42. The fourth-order valence-electron chi connectivity index (χ4n) is 3.39. The molecule has 1 aliphatic carbocycles. The Morgan fingerprint density at radius 1 is 1.32 bits per heavy atom. The first-order chi connectivity index (χ1) is 10.3. The fourth-order valence-corrected chi connectivity index (χ4v) is 3.87. The Balaban J connectivity index is 1.77. The molecule has 0 bridgehead atoms. The van der Waals surface area contributed by atoms with Crippen LogP contribution in [0.4, 0.5) is 0 Å². The molecule has 0 radical (unpaired) electrons. The first-order valence-electron chi connectivity index (χ1n) is 7.14. The molecule has 0 unspecified atom stereocenters. The van der Waals surface area contributed by atoms with Crippen LogP contribution in [0.25, 0.3) is 0 Å². The average Bonchev–Trinajstić information content (AvgIpc) is 2.81. The number of phenols is 1. The Bertz CT molecular complexity index is 616. The van der Waals surface area contributed by atoms with Gasteiger partial charge in [0, 0.05) is 30.5 Å². The molecule has 120 valence electrons. The normalized spacial score (nSPS) is 31.5. The van der Waals surface area contributed by atoms with Crippen molar-refractivity contribution in [3.63, 3.8) is 0 Å². The number of carbonyl (C=O) groups excluding carboxylic acids is 1. The highest BCUT2D eigenvalue weighted by atomic mass is 35.5. The van der Waals surface area contributed by atoms with Gasteiger partial charge < -0.3 is 20.2 Å². The SMILES string of the molecule is O=C1C[C@H](c2c(O)ccc(Cl)c2Cl)CN1[C@H]1C[C@@](O)(CO)C1. The highest BCUT2D eigenvalue weighted by Gasteiger charge is 2.48. The summed E-state index contributed by atoms with van der Waals surface area (Å²) in [5.74, 6) is -0.221. The predicted octanol–water partition coefficient (Wildman–Crippen LogP) is 1.90. The molecule has 22 heavy (non-hydrogen) atoms. The topological polar surface area (TPSA) is 81.0 Å². The molecule has 1 aromatic carbocycles. The lowest BCUT2D eigenvalue weighted by atomic mass is 9.75. The third-order valence-electron chi connectivity index (χ3n) is 4.64. The van der Waals surface area contributed by atoms with Crippen LogP contribution in [0, 0.1) is 0 Å². The number of phenolic OH excluding ortho intramolecular Hbond substituents is 1. The fraction of sp³-hybridized carbons (Fsp3) is 0.533. The van der Waals surface area contributed by atoms with E-state index in [1.807, 2.05) is 0 Å². The lowest BCUT2D eigenvalue weighted by Crippen LogP contribution is -2.57. The lowest BCUT2D eigenvalue weighted by molar-refractivity contribution is -0.146. The van der Waals surface area contributed by atoms with Gasteiger partial charge in [-0.2, -0.15) is 0 Å². The zero-order valence-corrected chi connectivity index (χ0v) is 13.3. The number of rotatable bonds is 3. The van der Waals surface area contributed by atoms with Crippen molar-refractivity contribution in [1.29, 1.82) is 0 Å². The summed E-state index contributed by atoms with van der Waals surface area (Å²) < 4.78 is 0. The van der Waals surface area contributed by atoms with Crippen LogP contribution in [0.1, 0.15) is 30.7 Å². The number of nitrogens with zero attached hydrogens (tertiary/aromatic N) is 1. The summed E-state index contributed by atoms with van der Waals surface area (Å²) >= 11 is 12.2. The molecule has 0 aromatic heterocycles. The van der Waals surface area contributed by atoms with Gasteiger partial charge >= 0.3 is 0 Å². The first-order valence-corrected chi connectivity index (χ1v) is 7.90. The van der Waals surface area contributed by atoms with Gasteiger partial charge in [0.25, 0.3) is 0 Å². The number of benzene rings is 1. The quantitative estimate of drug-likeness (QED) is 0.781. The van der Waals surface area contributed by atoms with Gasteiger partial charge in [0.15, 0.2) is 0 Å². The minimum atomic E-state index is -1.07. The van der Waals surface area contributed by atoms with E-state index in [1.54, 1.807) is 4.90 Å². The lowest BCUT2D eigenvalue weighted by Gasteiger charge is -2.46. The molecule has 1 heterocycles. The van der Waals surface area contributed by atoms with Crippen molar-refractivity contribution in [3.05, 3.63) is 27.7 Å². The summed E-state index contributed by atoms with van der Waals surface area (Å²) in [5.41, 5.74) is -0.569. The van der Waals surface area contributed by atoms with Gasteiger partial charge in [0.05, 0.1) is 22.3 Å². The predicted molar refractivity (Wildman–Crippen MR) is 82.3 cm³/mol. The number of likely N-dealkylation sites (tertiary alicyclic amines) is 1. The molecular weight excluding hydrogens is 329 g/mol. The molecule has 1 saturated carbocycles. The van der Waals surface area contributed by atoms with Gasteiger partial charge in [-0.05, 0) is 25.0 Å². The summed E-state index contributed by atoms with van der Waals surface area (Å²) in [6, 6.07) is 2.92. The maximum atomic E-state index is 12.2. The molecule has 1 saturated heterocycles. The molecule has 5 nitrogen and oxygen atoms in total. The number of aliphatic hydroxyl groups is 2. The van der Waals surface area contributed by atoms with Gasteiger partial charge in [-0.25, -0.2) is 0 Å². The van der Waals surface area contributed by atoms with Crippen LogP contribution in [0.15, 0.2) is 12.1 Å². The Morgan fingerprint density at radius 2 is 2.00 bits per heavy atom. The van der Waals surface area contributed by atoms with Crippen molar-refractivity contribution >= 4 is 29.1 Å². The van der Waals surface area contributed by atoms with Crippen molar-refractivity contribution in [1.82, 2.24) is 4.90 Å². The van der Waals surface area contributed by atoms with E-state index in [0.29, 0.717) is 30.0 Å². The van der Waals surface area contributed by atoms with Crippen LogP contribution in [0.3, 0.4) is 0 Å². The van der Waals surface area contributed by atoms with Crippen molar-refractivity contribution < 1.29 is 20.1 Å². The Morgan fingerprint density at radius 3 is 2.64 bits per heavy atom. The number of aromatic hydroxyl groups is 1. The van der Waals surface area contributed by atoms with Gasteiger partial charge in [0.2, 0.25) is 5.91 Å². The summed E-state index contributed by atoms with van der Waals surface area (Å²) in [6.45, 7) is 0.133. The average molecular weight is 346 g/mol. The molecule has 0 spiro atoms. The minimum absolute atomic E-state index is 0.0366. The third-order valence-corrected chi connectivity index (χ3v) is 5.46. The number of carbonyl (C=O) groups is 1. The molecule has 2 fully saturated rings. The molecule has 1 aliphatic heterocycles. The molecule has 1 aromatic rings. The van der Waals surface area contributed by atoms with Crippen molar-refractivity contribution in [3.8, 4) is 5.75 Å². The molecule has 1 amide bonds. The van der Waals surface area contributed by atoms with E-state index >= 15 is 0 Å². The standard InChI is InChI=1S/C15H17Cl2NO4/c16-10-1-2-11(20)13(14(10)17)8-3-12(21)18(6-8)9-4-15(22,5-9)7-19/h1-2,8-9,19-20,22H,3-7H2/t8-,9-,15-/m0/s1. The molecule has 3 rings (SSSR count). The Kier molecular flexibility index (Phi) is 4.01. The molecule has 7 heteroatoms. The maximum absolute atomic E-state index is 12.2. The number of aliphatic hydroxyl groups excluding tert-OH is 1. The van der Waals surface area contributed by atoms with E-state index < -0.39 is 5.60 Å². The maximum Gasteiger partial charge on any atom is 0.223 e. The van der Waals surface area contributed by atoms with Gasteiger partial charge in [-0.3, -0.25) is 4.79 Å². The summed E-state index contributed by atoms with van der Waals surface area (Å²) in [6.07, 6.45) is 0.996. The highest BCUT2D eigenvalue weighted by Crippen LogP contribution is 2.44. The first kappa shape index (κ1) is 15.9. The number of halogens is 2. The third kappa shape index (κ3) is 2.56. The second-order valence-corrected chi connectivity index (χ2v) is 6.97. The minimum Gasteiger partial charge on any atom is -0.508 e. The Labute approximate surface area is 138 Å². The second-order valence-electron chi connectivity index (χ2n) is 6.19. The number of hydrogen-bond acceptors (Lipinski definition) is 4. The summed E-state index contributed by atoms with van der Waals surface area (Å²) in [7, 11) is 0. The van der Waals surface area contributed by atoms with E-state index in [9.17, 15) is 15.0 Å². The van der Waals surface area contributed by atoms with E-state index in [0.717, 1.165) is 0 Å².